The molecule has 16 nitrogen and oxygen atoms in total. The zero-order valence-corrected chi connectivity index (χ0v) is 43.1. The molecule has 0 spiro atoms. The average Bonchev–Trinajstić information content (AvgIpc) is 3.64. The number of hydroxylamine groups is 4. The second-order valence-corrected chi connectivity index (χ2v) is 24.1. The molecule has 2 N–H and O–H groups in total. The molecule has 0 saturated carbocycles. The van der Waals surface area contributed by atoms with Crippen molar-refractivity contribution in [3.63, 3.8) is 0 Å². The van der Waals surface area contributed by atoms with Crippen LogP contribution in [0.15, 0.2) is 0 Å². The molecule has 0 aromatic rings. The van der Waals surface area contributed by atoms with Gasteiger partial charge in [-0.15, -0.1) is 0 Å². The zero-order chi connectivity index (χ0) is 48.5. The highest BCUT2D eigenvalue weighted by molar-refractivity contribution is 5.76. The maximum absolute atomic E-state index is 13.7. The molecule has 0 radical (unpaired) electrons. The third-order valence-electron chi connectivity index (χ3n) is 14.8. The molecule has 4 saturated heterocycles. The number of esters is 4. The first-order chi connectivity index (χ1) is 29.2. The van der Waals surface area contributed by atoms with E-state index in [9.17, 15) is 19.2 Å². The van der Waals surface area contributed by atoms with Gasteiger partial charge >= 0.3 is 23.9 Å². The maximum Gasteiger partial charge on any atom is 0.320 e. The van der Waals surface area contributed by atoms with E-state index in [1.54, 1.807) is 24.0 Å². The largest absolute Gasteiger partial charge is 0.464 e. The van der Waals surface area contributed by atoms with Crippen LogP contribution in [0.4, 0.5) is 0 Å². The van der Waals surface area contributed by atoms with Crippen LogP contribution >= 0.6 is 0 Å². The summed E-state index contributed by atoms with van der Waals surface area (Å²) in [5, 5.41) is 11.2. The first-order valence-electron chi connectivity index (χ1n) is 23.5. The van der Waals surface area contributed by atoms with Crippen LogP contribution in [-0.4, -0.2) is 168 Å². The minimum Gasteiger partial charge on any atom is -0.464 e. The Morgan fingerprint density at radius 1 is 0.453 bits per heavy atom. The third-order valence-corrected chi connectivity index (χ3v) is 14.8. The fourth-order valence-electron chi connectivity index (χ4n) is 12.0. The normalized spacial score (nSPS) is 28.4. The van der Waals surface area contributed by atoms with Gasteiger partial charge in [0.05, 0.1) is 66.8 Å². The molecule has 64 heavy (non-hydrogen) atoms. The van der Waals surface area contributed by atoms with Crippen molar-refractivity contribution in [3.05, 3.63) is 0 Å². The molecule has 4 atom stereocenters. The minimum atomic E-state index is -0.492. The van der Waals surface area contributed by atoms with Crippen LogP contribution in [0.1, 0.15) is 136 Å². The average molecular weight is 909 g/mol. The van der Waals surface area contributed by atoms with Gasteiger partial charge in [-0.25, -0.2) is 0 Å². The van der Waals surface area contributed by atoms with E-state index in [-0.39, 0.29) is 123 Å². The number of carbonyl (C=O) groups is 4. The monoisotopic (exact) mass is 909 g/mol. The maximum atomic E-state index is 13.7. The summed E-state index contributed by atoms with van der Waals surface area (Å²) in [7, 11) is 3.31. The molecular weight excluding hydrogens is 821 g/mol. The molecule has 4 fully saturated rings. The number of hydrogen-bond donors (Lipinski definition) is 2. The van der Waals surface area contributed by atoms with E-state index in [2.05, 4.69) is 121 Å². The minimum absolute atomic E-state index is 0.0000650. The van der Waals surface area contributed by atoms with E-state index in [4.69, 9.17) is 28.6 Å². The van der Waals surface area contributed by atoms with Crippen LogP contribution in [0.5, 0.6) is 0 Å². The number of nitrogens with zero attached hydrogens (tertiary/aromatic N) is 4. The molecule has 16 heteroatoms. The summed E-state index contributed by atoms with van der Waals surface area (Å²) in [5.41, 5.74) is -1.96. The number of ether oxygens (including phenoxy) is 4. The van der Waals surface area contributed by atoms with Crippen LogP contribution < -0.4 is 10.6 Å². The van der Waals surface area contributed by atoms with Crippen LogP contribution in [-0.2, 0) is 47.8 Å². The molecule has 0 aliphatic carbocycles. The van der Waals surface area contributed by atoms with Gasteiger partial charge in [0, 0.05) is 81.1 Å². The summed E-state index contributed by atoms with van der Waals surface area (Å²) in [6, 6.07) is 0. The molecule has 370 valence electrons. The summed E-state index contributed by atoms with van der Waals surface area (Å²) < 4.78 is 23.6. The predicted molar refractivity (Wildman–Crippen MR) is 246 cm³/mol. The van der Waals surface area contributed by atoms with Crippen molar-refractivity contribution in [2.45, 2.75) is 181 Å². The number of rotatable bonds is 21. The molecular formula is C48H88N6O10. The van der Waals surface area contributed by atoms with E-state index in [0.717, 1.165) is 25.7 Å². The lowest BCUT2D eigenvalue weighted by molar-refractivity contribution is -0.225. The lowest BCUT2D eigenvalue weighted by Gasteiger charge is -2.39. The Bertz CT molecular complexity index is 1530. The van der Waals surface area contributed by atoms with Gasteiger partial charge in [0.2, 0.25) is 0 Å². The van der Waals surface area contributed by atoms with Crippen LogP contribution in [0, 0.1) is 23.7 Å². The van der Waals surface area contributed by atoms with Gasteiger partial charge in [0.25, 0.3) is 0 Å². The lowest BCUT2D eigenvalue weighted by Crippen LogP contribution is -2.49. The van der Waals surface area contributed by atoms with Crippen molar-refractivity contribution in [1.29, 1.82) is 0 Å². The molecule has 4 unspecified atom stereocenters. The number of hydrogen-bond acceptors (Lipinski definition) is 16. The molecule has 0 bridgehead atoms. The summed E-state index contributed by atoms with van der Waals surface area (Å²) in [6.07, 6.45) is 3.20. The van der Waals surface area contributed by atoms with Crippen molar-refractivity contribution in [1.82, 2.24) is 30.6 Å². The van der Waals surface area contributed by atoms with Gasteiger partial charge in [0.1, 0.15) is 0 Å². The van der Waals surface area contributed by atoms with Crippen molar-refractivity contribution in [2.24, 2.45) is 23.7 Å². The van der Waals surface area contributed by atoms with E-state index in [1.165, 1.54) is 0 Å². The van der Waals surface area contributed by atoms with Gasteiger partial charge in [-0.3, -0.25) is 29.0 Å². The van der Waals surface area contributed by atoms with Crippen molar-refractivity contribution in [3.8, 4) is 0 Å². The van der Waals surface area contributed by atoms with Gasteiger partial charge in [-0.05, 0) is 136 Å². The van der Waals surface area contributed by atoms with Crippen LogP contribution in [0.25, 0.3) is 0 Å². The van der Waals surface area contributed by atoms with E-state index in [0.29, 0.717) is 0 Å². The first-order valence-corrected chi connectivity index (χ1v) is 23.5. The van der Waals surface area contributed by atoms with Crippen LogP contribution in [0.2, 0.25) is 0 Å². The molecule has 0 aromatic heterocycles. The van der Waals surface area contributed by atoms with E-state index < -0.39 is 35.0 Å². The highest BCUT2D eigenvalue weighted by Crippen LogP contribution is 2.46. The summed E-state index contributed by atoms with van der Waals surface area (Å²) in [4.78, 5) is 69.3. The van der Waals surface area contributed by atoms with Gasteiger partial charge < -0.3 is 39.3 Å². The van der Waals surface area contributed by atoms with Crippen LogP contribution in [0.3, 0.4) is 0 Å². The Hall–Kier alpha value is -2.44. The van der Waals surface area contributed by atoms with Crippen molar-refractivity contribution in [2.75, 3.05) is 79.9 Å². The topological polar surface area (TPSA) is 161 Å². The highest BCUT2D eigenvalue weighted by atomic mass is 16.7. The van der Waals surface area contributed by atoms with Crippen molar-refractivity contribution >= 4 is 23.9 Å². The molecule has 4 rings (SSSR count). The molecule has 0 aromatic carbocycles. The Kier molecular flexibility index (Phi) is 17.0. The first kappa shape index (κ1) is 54.2. The number of carbonyl (C=O) groups excluding carboxylic acids is 4. The predicted octanol–water partition coefficient (Wildman–Crippen LogP) is 4.98. The Morgan fingerprint density at radius 2 is 0.719 bits per heavy atom. The summed E-state index contributed by atoms with van der Waals surface area (Å²) in [5.74, 6) is -1.75. The second-order valence-electron chi connectivity index (χ2n) is 24.1. The molecule has 4 aliphatic rings. The molecule has 0 amide bonds. The summed E-state index contributed by atoms with van der Waals surface area (Å²) in [6.45, 7) is 34.1. The second kappa shape index (κ2) is 20.0. The molecule has 4 heterocycles. The standard InChI is InChI=1S/C48H88N6O10/c1-41(2)21-33(45(9,10)49-41)29-61-37(55)25-51(27-39(57)63-31-35-23-43(5,6)53(59-17)47(35,13)14)19-20-52(26-38(56)62-30-34-22-42(3,4)50-46(34,11)12)28-40(58)64-32-36-24-44(7,8)54(60-18)48(36,15)16/h33-36,49-50H,19-32H2,1-18H3. The van der Waals surface area contributed by atoms with Gasteiger partial charge in [-0.1, -0.05) is 0 Å². The Balaban J connectivity index is 1.48. The highest BCUT2D eigenvalue weighted by Gasteiger charge is 2.54. The van der Waals surface area contributed by atoms with E-state index >= 15 is 0 Å². The smallest absolute Gasteiger partial charge is 0.320 e. The molecule has 4 aliphatic heterocycles. The fraction of sp³-hybridized carbons (Fsp3) is 0.917. The lowest BCUT2D eigenvalue weighted by atomic mass is 9.88. The Morgan fingerprint density at radius 3 is 0.938 bits per heavy atom. The number of nitrogens with one attached hydrogen (secondary N) is 2. The van der Waals surface area contributed by atoms with Gasteiger partial charge in [0.15, 0.2) is 0 Å². The Labute approximate surface area is 385 Å². The van der Waals surface area contributed by atoms with Gasteiger partial charge in [-0.2, -0.15) is 10.1 Å². The SMILES string of the molecule is CON1C(C)(C)CC(COC(=O)CN(CCN(CC(=O)OCC2CC(C)(C)NC2(C)C)CC(=O)OCC2CC(C)(C)N(OC)C2(C)C)CC(=O)OCC2CC(C)(C)NC2(C)C)C1(C)C. The zero-order valence-electron chi connectivity index (χ0n) is 43.1. The quantitative estimate of drug-likeness (QED) is 0.117. The third kappa shape index (κ3) is 13.6. The fourth-order valence-corrected chi connectivity index (χ4v) is 12.0. The summed E-state index contributed by atoms with van der Waals surface area (Å²) >= 11 is 0. The van der Waals surface area contributed by atoms with E-state index in [1.807, 2.05) is 10.1 Å². The van der Waals surface area contributed by atoms with Crippen molar-refractivity contribution < 1.29 is 47.8 Å².